The third kappa shape index (κ3) is 4.08. The van der Waals surface area contributed by atoms with E-state index in [1.54, 1.807) is 7.11 Å². The minimum atomic E-state index is -0.131. The second kappa shape index (κ2) is 8.44. The first-order valence-electron chi connectivity index (χ1n) is 9.56. The lowest BCUT2D eigenvalue weighted by Crippen LogP contribution is -3.12. The molecule has 1 N–H and O–H groups in total. The summed E-state index contributed by atoms with van der Waals surface area (Å²) in [6, 6.07) is 14.0. The zero-order chi connectivity index (χ0) is 19.4. The van der Waals surface area contributed by atoms with Crippen molar-refractivity contribution in [3.63, 3.8) is 0 Å². The summed E-state index contributed by atoms with van der Waals surface area (Å²) in [5.41, 5.74) is 3.44. The molecule has 1 heterocycles. The number of methoxy groups -OCH3 is 1. The number of likely N-dealkylation sites (N-methyl/N-ethyl adjacent to an activating group) is 1. The molecule has 1 aliphatic heterocycles. The molecule has 0 saturated heterocycles. The molecule has 0 saturated carbocycles. The molecule has 0 aromatic heterocycles. The topological polar surface area (TPSA) is 43.2 Å². The molecule has 2 aromatic carbocycles. The predicted octanol–water partition coefficient (Wildman–Crippen LogP) is 2.09. The number of anilines is 1. The molecule has 0 radical (unpaired) electrons. The summed E-state index contributed by atoms with van der Waals surface area (Å²) in [6.07, 6.45) is 0.934. The normalized spacial score (nSPS) is 15.2. The summed E-state index contributed by atoms with van der Waals surface area (Å²) in [4.78, 5) is 16.1. The van der Waals surface area contributed by atoms with Crippen molar-refractivity contribution in [2.45, 2.75) is 32.9 Å². The second-order valence-corrected chi connectivity index (χ2v) is 7.03. The van der Waals surface area contributed by atoms with Gasteiger partial charge in [-0.1, -0.05) is 18.2 Å². The average molecular weight is 369 g/mol. The van der Waals surface area contributed by atoms with Crippen LogP contribution in [-0.4, -0.2) is 39.3 Å². The molecule has 5 nitrogen and oxygen atoms in total. The van der Waals surface area contributed by atoms with Crippen LogP contribution >= 0.6 is 0 Å². The Kier molecular flexibility index (Phi) is 6.01. The van der Waals surface area contributed by atoms with E-state index in [9.17, 15) is 4.79 Å². The van der Waals surface area contributed by atoms with Gasteiger partial charge in [-0.05, 0) is 50.1 Å². The SMILES string of the molecule is CCOc1ccc(C[NH+](C)[C@H](C)C(=O)N2CCc3ccccc32)cc1OC. The maximum Gasteiger partial charge on any atom is 0.284 e. The smallest absolute Gasteiger partial charge is 0.284 e. The Labute approximate surface area is 161 Å². The molecule has 0 spiro atoms. The van der Waals surface area contributed by atoms with E-state index in [0.29, 0.717) is 6.61 Å². The molecule has 1 amide bonds. The number of quaternary nitrogens is 1. The first-order valence-corrected chi connectivity index (χ1v) is 9.56. The lowest BCUT2D eigenvalue weighted by atomic mass is 10.1. The van der Waals surface area contributed by atoms with Crippen molar-refractivity contribution in [3.05, 3.63) is 53.6 Å². The van der Waals surface area contributed by atoms with Gasteiger partial charge in [0.25, 0.3) is 5.91 Å². The van der Waals surface area contributed by atoms with E-state index in [-0.39, 0.29) is 11.9 Å². The van der Waals surface area contributed by atoms with Crippen LogP contribution in [0.5, 0.6) is 11.5 Å². The molecular formula is C22H29N2O3+. The minimum absolute atomic E-state index is 0.131. The van der Waals surface area contributed by atoms with Crippen LogP contribution in [0.15, 0.2) is 42.5 Å². The van der Waals surface area contributed by atoms with E-state index < -0.39 is 0 Å². The first-order chi connectivity index (χ1) is 13.0. The quantitative estimate of drug-likeness (QED) is 0.813. The number of nitrogens with zero attached hydrogens (tertiary/aromatic N) is 1. The molecule has 2 atom stereocenters. The average Bonchev–Trinajstić information content (AvgIpc) is 3.12. The number of para-hydroxylation sites is 1. The number of carbonyl (C=O) groups is 1. The van der Waals surface area contributed by atoms with Gasteiger partial charge in [-0.3, -0.25) is 4.79 Å². The van der Waals surface area contributed by atoms with Crippen molar-refractivity contribution in [3.8, 4) is 11.5 Å². The highest BCUT2D eigenvalue weighted by Crippen LogP contribution is 2.29. The number of hydrogen-bond acceptors (Lipinski definition) is 3. The van der Waals surface area contributed by atoms with Crippen molar-refractivity contribution >= 4 is 11.6 Å². The van der Waals surface area contributed by atoms with Crippen molar-refractivity contribution < 1.29 is 19.2 Å². The van der Waals surface area contributed by atoms with Crippen LogP contribution in [0.2, 0.25) is 0 Å². The summed E-state index contributed by atoms with van der Waals surface area (Å²) >= 11 is 0. The zero-order valence-electron chi connectivity index (χ0n) is 16.6. The van der Waals surface area contributed by atoms with Crippen LogP contribution < -0.4 is 19.3 Å². The van der Waals surface area contributed by atoms with Gasteiger partial charge in [0.2, 0.25) is 0 Å². The lowest BCUT2D eigenvalue weighted by molar-refractivity contribution is -0.908. The maximum atomic E-state index is 13.1. The summed E-state index contributed by atoms with van der Waals surface area (Å²) in [6.45, 7) is 6.07. The fourth-order valence-electron chi connectivity index (χ4n) is 3.58. The molecule has 0 aliphatic carbocycles. The second-order valence-electron chi connectivity index (χ2n) is 7.03. The van der Waals surface area contributed by atoms with E-state index in [2.05, 4.69) is 13.1 Å². The molecule has 1 unspecified atom stereocenters. The van der Waals surface area contributed by atoms with E-state index >= 15 is 0 Å². The number of ether oxygens (including phenoxy) is 2. The van der Waals surface area contributed by atoms with Crippen molar-refractivity contribution in [2.75, 3.05) is 32.2 Å². The van der Waals surface area contributed by atoms with Gasteiger partial charge in [0, 0.05) is 17.8 Å². The summed E-state index contributed by atoms with van der Waals surface area (Å²) in [7, 11) is 3.71. The number of nitrogens with one attached hydrogen (secondary N) is 1. The summed E-state index contributed by atoms with van der Waals surface area (Å²) in [5, 5.41) is 0. The Morgan fingerprint density at radius 3 is 2.74 bits per heavy atom. The Balaban J connectivity index is 1.69. The molecule has 3 rings (SSSR count). The van der Waals surface area contributed by atoms with E-state index in [1.807, 2.05) is 55.1 Å². The van der Waals surface area contributed by atoms with Gasteiger partial charge < -0.3 is 19.3 Å². The van der Waals surface area contributed by atoms with E-state index in [0.717, 1.165) is 47.2 Å². The van der Waals surface area contributed by atoms with Crippen LogP contribution in [0, 0.1) is 0 Å². The maximum absolute atomic E-state index is 13.1. The fourth-order valence-corrected chi connectivity index (χ4v) is 3.58. The van der Waals surface area contributed by atoms with Gasteiger partial charge in [0.15, 0.2) is 17.5 Å². The van der Waals surface area contributed by atoms with Gasteiger partial charge in [-0.2, -0.15) is 0 Å². The van der Waals surface area contributed by atoms with Crippen LogP contribution in [0.1, 0.15) is 25.0 Å². The largest absolute Gasteiger partial charge is 0.493 e. The molecule has 1 aliphatic rings. The third-order valence-corrected chi connectivity index (χ3v) is 5.27. The number of fused-ring (bicyclic) bond motifs is 1. The Morgan fingerprint density at radius 2 is 2.00 bits per heavy atom. The van der Waals surface area contributed by atoms with Crippen molar-refractivity contribution in [2.24, 2.45) is 0 Å². The highest BCUT2D eigenvalue weighted by molar-refractivity contribution is 5.97. The van der Waals surface area contributed by atoms with Crippen LogP contribution in [-0.2, 0) is 17.8 Å². The van der Waals surface area contributed by atoms with Crippen molar-refractivity contribution in [1.29, 1.82) is 0 Å². The van der Waals surface area contributed by atoms with Gasteiger partial charge in [0.1, 0.15) is 6.54 Å². The number of benzene rings is 2. The molecule has 27 heavy (non-hydrogen) atoms. The molecule has 2 aromatic rings. The van der Waals surface area contributed by atoms with E-state index in [1.165, 1.54) is 5.56 Å². The minimum Gasteiger partial charge on any atom is -0.493 e. The van der Waals surface area contributed by atoms with E-state index in [4.69, 9.17) is 9.47 Å². The molecule has 0 fully saturated rings. The van der Waals surface area contributed by atoms with Crippen LogP contribution in [0.4, 0.5) is 5.69 Å². The van der Waals surface area contributed by atoms with Gasteiger partial charge >= 0.3 is 0 Å². The monoisotopic (exact) mass is 369 g/mol. The first kappa shape index (κ1) is 19.2. The van der Waals surface area contributed by atoms with Gasteiger partial charge in [-0.15, -0.1) is 0 Å². The standard InChI is InChI=1S/C22H28N2O3/c1-5-27-20-11-10-17(14-21(20)26-4)15-23(3)16(2)22(25)24-13-12-18-8-6-7-9-19(18)24/h6-11,14,16H,5,12-13,15H2,1-4H3/p+1/t16-/m1/s1. The Morgan fingerprint density at radius 1 is 1.22 bits per heavy atom. The summed E-state index contributed by atoms with van der Waals surface area (Å²) in [5.74, 6) is 1.66. The molecule has 5 heteroatoms. The Bertz CT molecular complexity index is 806. The van der Waals surface area contributed by atoms with Gasteiger partial charge in [-0.25, -0.2) is 0 Å². The van der Waals surface area contributed by atoms with Crippen molar-refractivity contribution in [1.82, 2.24) is 0 Å². The highest BCUT2D eigenvalue weighted by Gasteiger charge is 2.32. The molecular weight excluding hydrogens is 340 g/mol. The van der Waals surface area contributed by atoms with Crippen LogP contribution in [0.25, 0.3) is 0 Å². The Hall–Kier alpha value is -2.53. The molecule has 0 bridgehead atoms. The highest BCUT2D eigenvalue weighted by atomic mass is 16.5. The number of rotatable bonds is 7. The number of amides is 1. The van der Waals surface area contributed by atoms with Crippen LogP contribution in [0.3, 0.4) is 0 Å². The predicted molar refractivity (Wildman–Crippen MR) is 107 cm³/mol. The van der Waals surface area contributed by atoms with Gasteiger partial charge in [0.05, 0.1) is 20.8 Å². The lowest BCUT2D eigenvalue weighted by Gasteiger charge is -2.26. The third-order valence-electron chi connectivity index (χ3n) is 5.27. The zero-order valence-corrected chi connectivity index (χ0v) is 16.6. The fraction of sp³-hybridized carbons (Fsp3) is 0.409. The number of carbonyl (C=O) groups excluding carboxylic acids is 1. The summed E-state index contributed by atoms with van der Waals surface area (Å²) < 4.78 is 11.0. The molecule has 144 valence electrons. The number of hydrogen-bond donors (Lipinski definition) is 1.